The summed E-state index contributed by atoms with van der Waals surface area (Å²) >= 11 is 1.40. The fraction of sp³-hybridized carbons (Fsp3) is 0.526. The first kappa shape index (κ1) is 20.0. The van der Waals surface area contributed by atoms with Gasteiger partial charge in [-0.1, -0.05) is 20.8 Å². The number of nitro groups is 1. The predicted molar refractivity (Wildman–Crippen MR) is 107 cm³/mol. The standard InChI is InChI=1S/C19H23N5O3S/c1-10-16(24(26)27)15(22-23(10)5)17(25)21-18-13(9-20)12-7-6-11(19(2,3)4)8-14(12)28-18/h11H,6-8H2,1-5H3,(H,21,25)/t11-/m1/s1. The Labute approximate surface area is 167 Å². The van der Waals surface area contributed by atoms with E-state index < -0.39 is 10.8 Å². The van der Waals surface area contributed by atoms with Crippen LogP contribution in [0.2, 0.25) is 0 Å². The number of thiophene rings is 1. The van der Waals surface area contributed by atoms with Gasteiger partial charge in [-0.25, -0.2) is 0 Å². The van der Waals surface area contributed by atoms with Crippen molar-refractivity contribution in [3.05, 3.63) is 37.5 Å². The second-order valence-electron chi connectivity index (χ2n) is 8.24. The van der Waals surface area contributed by atoms with Crippen molar-refractivity contribution in [2.45, 2.75) is 47.0 Å². The molecule has 0 saturated carbocycles. The van der Waals surface area contributed by atoms with Gasteiger partial charge in [0.05, 0.1) is 10.5 Å². The van der Waals surface area contributed by atoms with Crippen molar-refractivity contribution >= 4 is 27.9 Å². The normalized spacial score (nSPS) is 16.4. The molecule has 148 valence electrons. The molecule has 1 amide bonds. The first-order chi connectivity index (χ1) is 13.0. The van der Waals surface area contributed by atoms with Crippen LogP contribution in [0.5, 0.6) is 0 Å². The molecule has 9 heteroatoms. The van der Waals surface area contributed by atoms with Crippen LogP contribution in [0.15, 0.2) is 0 Å². The average molecular weight is 401 g/mol. The van der Waals surface area contributed by atoms with Crippen LogP contribution >= 0.6 is 11.3 Å². The van der Waals surface area contributed by atoms with Gasteiger partial charge in [0.1, 0.15) is 16.8 Å². The van der Waals surface area contributed by atoms with E-state index in [1.54, 1.807) is 14.0 Å². The molecule has 1 atom stereocenters. The summed E-state index contributed by atoms with van der Waals surface area (Å²) in [7, 11) is 1.55. The van der Waals surface area contributed by atoms with Crippen molar-refractivity contribution in [2.75, 3.05) is 5.32 Å². The van der Waals surface area contributed by atoms with E-state index in [1.165, 1.54) is 16.0 Å². The van der Waals surface area contributed by atoms with Gasteiger partial charge >= 0.3 is 5.69 Å². The maximum atomic E-state index is 12.7. The highest BCUT2D eigenvalue weighted by Crippen LogP contribution is 2.44. The van der Waals surface area contributed by atoms with Crippen molar-refractivity contribution in [1.82, 2.24) is 9.78 Å². The van der Waals surface area contributed by atoms with Crippen LogP contribution in [0.25, 0.3) is 0 Å². The molecule has 2 heterocycles. The Balaban J connectivity index is 1.94. The molecule has 0 bridgehead atoms. The minimum absolute atomic E-state index is 0.171. The zero-order chi connectivity index (χ0) is 20.8. The Morgan fingerprint density at radius 1 is 1.46 bits per heavy atom. The van der Waals surface area contributed by atoms with Crippen molar-refractivity contribution in [2.24, 2.45) is 18.4 Å². The van der Waals surface area contributed by atoms with Gasteiger partial charge in [-0.2, -0.15) is 10.4 Å². The minimum Gasteiger partial charge on any atom is -0.311 e. The second-order valence-corrected chi connectivity index (χ2v) is 9.35. The predicted octanol–water partition coefficient (Wildman–Crippen LogP) is 3.97. The smallest absolute Gasteiger partial charge is 0.311 e. The largest absolute Gasteiger partial charge is 0.322 e. The van der Waals surface area contributed by atoms with Gasteiger partial charge in [0, 0.05) is 11.9 Å². The lowest BCUT2D eigenvalue weighted by Gasteiger charge is -2.33. The number of aromatic nitrogens is 2. The highest BCUT2D eigenvalue weighted by Gasteiger charge is 2.34. The highest BCUT2D eigenvalue weighted by atomic mass is 32.1. The number of nitrogens with one attached hydrogen (secondary N) is 1. The van der Waals surface area contributed by atoms with Crippen molar-refractivity contribution < 1.29 is 9.72 Å². The van der Waals surface area contributed by atoms with E-state index >= 15 is 0 Å². The number of carbonyl (C=O) groups excluding carboxylic acids is 1. The van der Waals surface area contributed by atoms with Crippen LogP contribution in [0.3, 0.4) is 0 Å². The summed E-state index contributed by atoms with van der Waals surface area (Å²) in [4.78, 5) is 24.6. The second kappa shape index (κ2) is 7.02. The van der Waals surface area contributed by atoms with Crippen LogP contribution in [-0.4, -0.2) is 20.6 Å². The number of amides is 1. The zero-order valence-corrected chi connectivity index (χ0v) is 17.4. The highest BCUT2D eigenvalue weighted by molar-refractivity contribution is 7.16. The van der Waals surface area contributed by atoms with E-state index in [9.17, 15) is 20.2 Å². The zero-order valence-electron chi connectivity index (χ0n) is 16.6. The fourth-order valence-electron chi connectivity index (χ4n) is 3.66. The number of nitriles is 1. The molecule has 1 aliphatic rings. The molecule has 1 N–H and O–H groups in total. The van der Waals surface area contributed by atoms with Gasteiger partial charge < -0.3 is 5.32 Å². The van der Waals surface area contributed by atoms with Gasteiger partial charge in [-0.15, -0.1) is 11.3 Å². The van der Waals surface area contributed by atoms with Crippen LogP contribution in [-0.2, 0) is 19.9 Å². The van der Waals surface area contributed by atoms with Gasteiger partial charge in [0.25, 0.3) is 5.91 Å². The molecule has 3 rings (SSSR count). The van der Waals surface area contributed by atoms with Gasteiger partial charge in [-0.05, 0) is 43.1 Å². The number of carbonyl (C=O) groups is 1. The Morgan fingerprint density at radius 2 is 2.14 bits per heavy atom. The summed E-state index contributed by atoms with van der Waals surface area (Å²) < 4.78 is 1.31. The monoisotopic (exact) mass is 401 g/mol. The minimum atomic E-state index is -0.669. The van der Waals surface area contributed by atoms with E-state index in [-0.39, 0.29) is 16.8 Å². The van der Waals surface area contributed by atoms with Crippen LogP contribution in [0.1, 0.15) is 59.4 Å². The Morgan fingerprint density at radius 3 is 2.71 bits per heavy atom. The lowest BCUT2D eigenvalue weighted by molar-refractivity contribution is -0.385. The van der Waals surface area contributed by atoms with Crippen molar-refractivity contribution in [3.8, 4) is 6.07 Å². The number of hydrogen-bond donors (Lipinski definition) is 1. The van der Waals surface area contributed by atoms with E-state index in [1.807, 2.05) is 0 Å². The molecule has 0 unspecified atom stereocenters. The molecule has 28 heavy (non-hydrogen) atoms. The number of rotatable bonds is 3. The van der Waals surface area contributed by atoms with E-state index in [4.69, 9.17) is 0 Å². The molecule has 0 aliphatic heterocycles. The molecular formula is C19H23N5O3S. The van der Waals surface area contributed by atoms with Crippen LogP contribution in [0, 0.1) is 39.7 Å². The maximum absolute atomic E-state index is 12.7. The third-order valence-corrected chi connectivity index (χ3v) is 6.70. The SMILES string of the molecule is Cc1c([N+](=O)[O-])c(C(=O)Nc2sc3c(c2C#N)CC[C@@H](C(C)(C)C)C3)nn1C. The number of anilines is 1. The molecule has 2 aromatic rings. The van der Waals surface area contributed by atoms with E-state index in [2.05, 4.69) is 37.3 Å². The Kier molecular flexibility index (Phi) is 5.02. The quantitative estimate of drug-likeness (QED) is 0.617. The first-order valence-electron chi connectivity index (χ1n) is 9.08. The van der Waals surface area contributed by atoms with E-state index in [0.29, 0.717) is 22.2 Å². The molecule has 0 aromatic carbocycles. The number of nitrogens with zero attached hydrogens (tertiary/aromatic N) is 4. The van der Waals surface area contributed by atoms with E-state index in [0.717, 1.165) is 29.7 Å². The summed E-state index contributed by atoms with van der Waals surface area (Å²) in [5, 5.41) is 28.1. The number of aryl methyl sites for hydroxylation is 1. The van der Waals surface area contributed by atoms with Crippen LogP contribution < -0.4 is 5.32 Å². The summed E-state index contributed by atoms with van der Waals surface area (Å²) in [5.74, 6) is -0.161. The third-order valence-electron chi connectivity index (χ3n) is 5.53. The molecular weight excluding hydrogens is 378 g/mol. The summed E-state index contributed by atoms with van der Waals surface area (Å²) in [6.45, 7) is 8.19. The number of fused-ring (bicyclic) bond motifs is 1. The molecule has 0 fully saturated rings. The summed E-state index contributed by atoms with van der Waals surface area (Å²) in [5.41, 5.74) is 1.38. The first-order valence-corrected chi connectivity index (χ1v) is 9.90. The molecule has 1 aliphatic carbocycles. The van der Waals surface area contributed by atoms with Gasteiger partial charge in [0.2, 0.25) is 5.69 Å². The lowest BCUT2D eigenvalue weighted by Crippen LogP contribution is -2.26. The van der Waals surface area contributed by atoms with Gasteiger partial charge in [-0.3, -0.25) is 19.6 Å². The third kappa shape index (κ3) is 3.40. The number of hydrogen-bond acceptors (Lipinski definition) is 6. The maximum Gasteiger partial charge on any atom is 0.322 e. The average Bonchev–Trinajstić information content (AvgIpc) is 3.10. The van der Waals surface area contributed by atoms with Crippen LogP contribution in [0.4, 0.5) is 10.7 Å². The lowest BCUT2D eigenvalue weighted by atomic mass is 9.72. The molecule has 2 aromatic heterocycles. The topological polar surface area (TPSA) is 114 Å². The molecule has 0 spiro atoms. The fourth-order valence-corrected chi connectivity index (χ4v) is 4.94. The Hall–Kier alpha value is -2.73. The van der Waals surface area contributed by atoms with Gasteiger partial charge in [0.15, 0.2) is 0 Å². The summed E-state index contributed by atoms with van der Waals surface area (Å²) in [6.07, 6.45) is 2.67. The Bertz CT molecular complexity index is 1010. The molecule has 8 nitrogen and oxygen atoms in total. The summed E-state index contributed by atoms with van der Waals surface area (Å²) in [6, 6.07) is 2.20. The molecule has 0 radical (unpaired) electrons. The van der Waals surface area contributed by atoms with Crippen molar-refractivity contribution in [1.29, 1.82) is 5.26 Å². The van der Waals surface area contributed by atoms with Crippen molar-refractivity contribution in [3.63, 3.8) is 0 Å². The molecule has 0 saturated heterocycles.